The highest BCUT2D eigenvalue weighted by Gasteiger charge is 2.44. The minimum atomic E-state index is -1.82. The van der Waals surface area contributed by atoms with Crippen LogP contribution >= 0.6 is 0 Å². The maximum absolute atomic E-state index is 12.0. The molecule has 168 valence electrons. The molecule has 6 heteroatoms. The molecule has 0 saturated carbocycles. The number of amides is 1. The van der Waals surface area contributed by atoms with Gasteiger partial charge >= 0.3 is 6.09 Å². The van der Waals surface area contributed by atoms with Crippen LogP contribution in [0.4, 0.5) is 10.5 Å². The van der Waals surface area contributed by atoms with Crippen LogP contribution in [0.15, 0.2) is 18.3 Å². The monoisotopic (exact) mass is 432 g/mol. The molecule has 5 nitrogen and oxygen atoms in total. The molecule has 0 aromatic carbocycles. The van der Waals surface area contributed by atoms with E-state index in [1.807, 2.05) is 20.8 Å². The fraction of sp³-hybridized carbons (Fsp3) is 0.667. The molecule has 30 heavy (non-hydrogen) atoms. The minimum Gasteiger partial charge on any atom is -0.444 e. The normalized spacial score (nSPS) is 12.1. The van der Waals surface area contributed by atoms with Crippen LogP contribution in [-0.2, 0) is 9.16 Å². The van der Waals surface area contributed by atoms with E-state index in [0.29, 0.717) is 28.0 Å². The fourth-order valence-corrected chi connectivity index (χ4v) is 9.57. The minimum absolute atomic E-state index is 0.510. The van der Waals surface area contributed by atoms with E-state index >= 15 is 0 Å². The second kappa shape index (κ2) is 11.5. The number of nitrogens with one attached hydrogen (secondary N) is 1. The van der Waals surface area contributed by atoms with E-state index in [9.17, 15) is 4.79 Å². The molecule has 0 aliphatic heterocycles. The van der Waals surface area contributed by atoms with Gasteiger partial charge in [0.1, 0.15) is 11.3 Å². The van der Waals surface area contributed by atoms with Gasteiger partial charge in [-0.25, -0.2) is 9.78 Å². The Morgan fingerprint density at radius 1 is 1.13 bits per heavy atom. The average Bonchev–Trinajstić information content (AvgIpc) is 2.59. The third-order valence-electron chi connectivity index (χ3n) is 5.16. The molecule has 1 aromatic heterocycles. The summed E-state index contributed by atoms with van der Waals surface area (Å²) in [7, 11) is -1.82. The Balaban J connectivity index is 2.68. The number of unbranched alkanes of at least 4 members (excludes halogenated alkanes) is 1. The molecule has 0 aliphatic rings. The van der Waals surface area contributed by atoms with Crippen molar-refractivity contribution in [2.24, 2.45) is 0 Å². The van der Waals surface area contributed by atoms with Crippen LogP contribution in [0.3, 0.4) is 0 Å². The first-order chi connectivity index (χ1) is 13.9. The standard InChI is InChI=1S/C24H40N2O3Si/c1-18(2)30(19(3)4,20(5)6)28-17-12-10-11-14-21-22(15-13-16-25-21)26-23(27)29-24(7,8)9/h13,15-16,18-20H,10,12,17H2,1-9H3,(H,26,27). The van der Waals surface area contributed by atoms with Gasteiger partial charge in [0.25, 0.3) is 0 Å². The van der Waals surface area contributed by atoms with E-state index in [4.69, 9.17) is 9.16 Å². The van der Waals surface area contributed by atoms with Gasteiger partial charge in [0.2, 0.25) is 0 Å². The number of anilines is 1. The molecular formula is C24H40N2O3Si. The number of ether oxygens (including phenoxy) is 1. The number of rotatable bonds is 8. The summed E-state index contributed by atoms with van der Waals surface area (Å²) in [6.07, 6.45) is 2.77. The van der Waals surface area contributed by atoms with Crippen molar-refractivity contribution in [3.05, 3.63) is 24.0 Å². The predicted molar refractivity (Wildman–Crippen MR) is 127 cm³/mol. The largest absolute Gasteiger partial charge is 0.444 e. The first kappa shape index (κ1) is 26.2. The lowest BCUT2D eigenvalue weighted by Crippen LogP contribution is -2.47. The zero-order valence-electron chi connectivity index (χ0n) is 20.3. The molecular weight excluding hydrogens is 392 g/mol. The van der Waals surface area contributed by atoms with Crippen molar-refractivity contribution in [3.8, 4) is 11.8 Å². The van der Waals surface area contributed by atoms with Crippen LogP contribution in [0.25, 0.3) is 0 Å². The molecule has 0 aliphatic carbocycles. The van der Waals surface area contributed by atoms with E-state index in [-0.39, 0.29) is 0 Å². The highest BCUT2D eigenvalue weighted by atomic mass is 28.4. The molecule has 1 aromatic rings. The third-order valence-corrected chi connectivity index (χ3v) is 11.3. The molecule has 0 fully saturated rings. The Hall–Kier alpha value is -1.84. The smallest absolute Gasteiger partial charge is 0.412 e. The average molecular weight is 433 g/mol. The summed E-state index contributed by atoms with van der Waals surface area (Å²) < 4.78 is 11.9. The van der Waals surface area contributed by atoms with E-state index < -0.39 is 20.0 Å². The molecule has 1 amide bonds. The number of pyridine rings is 1. The first-order valence-corrected chi connectivity index (χ1v) is 13.1. The van der Waals surface area contributed by atoms with Crippen molar-refractivity contribution in [1.29, 1.82) is 0 Å². The van der Waals surface area contributed by atoms with Gasteiger partial charge in [-0.3, -0.25) is 5.32 Å². The van der Waals surface area contributed by atoms with Crippen molar-refractivity contribution >= 4 is 20.1 Å². The number of carbonyl (C=O) groups is 1. The summed E-state index contributed by atoms with van der Waals surface area (Å²) in [6, 6.07) is 3.54. The van der Waals surface area contributed by atoms with E-state index in [1.54, 1.807) is 18.3 Å². The van der Waals surface area contributed by atoms with Gasteiger partial charge in [-0.05, 0) is 61.9 Å². The third kappa shape index (κ3) is 7.77. The number of hydrogen-bond acceptors (Lipinski definition) is 4. The van der Waals surface area contributed by atoms with Gasteiger partial charge in [0.05, 0.1) is 5.69 Å². The van der Waals surface area contributed by atoms with Crippen LogP contribution in [0, 0.1) is 11.8 Å². The lowest BCUT2D eigenvalue weighted by molar-refractivity contribution is 0.0636. The first-order valence-electron chi connectivity index (χ1n) is 11.0. The predicted octanol–water partition coefficient (Wildman–Crippen LogP) is 6.75. The molecule has 0 saturated heterocycles. The maximum atomic E-state index is 12.0. The second-order valence-electron chi connectivity index (χ2n) is 9.60. The quantitative estimate of drug-likeness (QED) is 0.280. The zero-order chi connectivity index (χ0) is 22.9. The van der Waals surface area contributed by atoms with Crippen LogP contribution in [0.1, 0.15) is 80.8 Å². The van der Waals surface area contributed by atoms with Crippen LogP contribution in [-0.4, -0.2) is 31.6 Å². The fourth-order valence-electron chi connectivity index (χ4n) is 4.08. The van der Waals surface area contributed by atoms with Crippen LogP contribution in [0.5, 0.6) is 0 Å². The summed E-state index contributed by atoms with van der Waals surface area (Å²) in [4.78, 5) is 16.3. The van der Waals surface area contributed by atoms with E-state index in [0.717, 1.165) is 19.4 Å². The molecule has 0 radical (unpaired) electrons. The van der Waals surface area contributed by atoms with Crippen molar-refractivity contribution in [2.45, 2.75) is 97.4 Å². The van der Waals surface area contributed by atoms with Crippen LogP contribution in [0.2, 0.25) is 16.6 Å². The highest BCUT2D eigenvalue weighted by molar-refractivity contribution is 6.77. The summed E-state index contributed by atoms with van der Waals surface area (Å²) in [5, 5.41) is 2.73. The Labute approximate surface area is 184 Å². The van der Waals surface area contributed by atoms with E-state index in [2.05, 4.69) is 63.7 Å². The number of hydrogen-bond donors (Lipinski definition) is 1. The lowest BCUT2D eigenvalue weighted by atomic mass is 10.2. The number of carbonyl (C=O) groups excluding carboxylic acids is 1. The lowest BCUT2D eigenvalue weighted by Gasteiger charge is -2.42. The van der Waals surface area contributed by atoms with Gasteiger partial charge in [-0.2, -0.15) is 0 Å². The Morgan fingerprint density at radius 3 is 2.27 bits per heavy atom. The number of nitrogens with zero attached hydrogens (tertiary/aromatic N) is 1. The second-order valence-corrected chi connectivity index (χ2v) is 15.1. The molecule has 0 unspecified atom stereocenters. The zero-order valence-corrected chi connectivity index (χ0v) is 21.3. The summed E-state index contributed by atoms with van der Waals surface area (Å²) in [5.74, 6) is 6.24. The van der Waals surface area contributed by atoms with Crippen molar-refractivity contribution in [3.63, 3.8) is 0 Å². The highest BCUT2D eigenvalue weighted by Crippen LogP contribution is 2.42. The van der Waals surface area contributed by atoms with Gasteiger partial charge in [-0.1, -0.05) is 47.5 Å². The van der Waals surface area contributed by atoms with Gasteiger partial charge in [0.15, 0.2) is 8.32 Å². The molecule has 1 rings (SSSR count). The molecule has 1 N–H and O–H groups in total. The van der Waals surface area contributed by atoms with Crippen molar-refractivity contribution in [2.75, 3.05) is 11.9 Å². The Kier molecular flexibility index (Phi) is 10.1. The topological polar surface area (TPSA) is 60.5 Å². The molecule has 0 spiro atoms. The molecule has 0 bridgehead atoms. The summed E-state index contributed by atoms with van der Waals surface area (Å²) in [5.41, 5.74) is 2.29. The molecule has 1 heterocycles. The Bertz CT molecular complexity index is 721. The Morgan fingerprint density at radius 2 is 1.73 bits per heavy atom. The van der Waals surface area contributed by atoms with Crippen molar-refractivity contribution in [1.82, 2.24) is 4.98 Å². The van der Waals surface area contributed by atoms with Gasteiger partial charge < -0.3 is 9.16 Å². The van der Waals surface area contributed by atoms with E-state index in [1.165, 1.54) is 0 Å². The SMILES string of the molecule is CC(C)[Si](OCCCC#Cc1ncccc1NC(=O)OC(C)(C)C)(C(C)C)C(C)C. The van der Waals surface area contributed by atoms with Crippen molar-refractivity contribution < 1.29 is 14.0 Å². The van der Waals surface area contributed by atoms with Crippen LogP contribution < -0.4 is 5.32 Å². The number of aromatic nitrogens is 1. The maximum Gasteiger partial charge on any atom is 0.412 e. The summed E-state index contributed by atoms with van der Waals surface area (Å²) in [6.45, 7) is 20.0. The summed E-state index contributed by atoms with van der Waals surface area (Å²) >= 11 is 0. The molecule has 0 atom stereocenters. The van der Waals surface area contributed by atoms with Gasteiger partial charge in [0, 0.05) is 19.2 Å². The van der Waals surface area contributed by atoms with Gasteiger partial charge in [-0.15, -0.1) is 0 Å².